The molecule has 2 aliphatic heterocycles. The number of pyridine rings is 1. The number of fused-ring (bicyclic) bond motifs is 3. The standard InChI is InChI=1S/C22H18BrN3O3/c1-28-15-3-4-20(27)16(11-15)18-12-19-17-10-14(23)2-5-21(17)29-22(26(19)25-18)13-6-8-24-9-7-13/h2-11,19,22,27H,12H2,1H3/t19-,22-/m0/s1. The molecule has 0 unspecified atom stereocenters. The molecule has 0 radical (unpaired) electrons. The Morgan fingerprint density at radius 1 is 1.14 bits per heavy atom. The summed E-state index contributed by atoms with van der Waals surface area (Å²) in [6.07, 6.45) is 3.77. The van der Waals surface area contributed by atoms with Crippen LogP contribution in [-0.2, 0) is 0 Å². The molecule has 0 spiro atoms. The summed E-state index contributed by atoms with van der Waals surface area (Å²) in [4.78, 5) is 4.11. The molecule has 1 aromatic heterocycles. The third-order valence-electron chi connectivity index (χ3n) is 5.26. The molecule has 1 N–H and O–H groups in total. The van der Waals surface area contributed by atoms with Gasteiger partial charge in [0, 0.05) is 40.0 Å². The summed E-state index contributed by atoms with van der Waals surface area (Å²) in [5, 5.41) is 17.3. The number of hydrazone groups is 1. The van der Waals surface area contributed by atoms with Crippen molar-refractivity contribution in [2.75, 3.05) is 7.11 Å². The van der Waals surface area contributed by atoms with Crippen LogP contribution in [0.1, 0.15) is 35.4 Å². The van der Waals surface area contributed by atoms with E-state index in [0.29, 0.717) is 17.7 Å². The van der Waals surface area contributed by atoms with Gasteiger partial charge in [0.1, 0.15) is 17.2 Å². The Labute approximate surface area is 176 Å². The quantitative estimate of drug-likeness (QED) is 0.619. The number of hydrogen-bond acceptors (Lipinski definition) is 6. The fourth-order valence-electron chi connectivity index (χ4n) is 3.84. The second-order valence-electron chi connectivity index (χ2n) is 6.96. The van der Waals surface area contributed by atoms with Crippen molar-refractivity contribution in [2.45, 2.75) is 18.7 Å². The summed E-state index contributed by atoms with van der Waals surface area (Å²) in [6.45, 7) is 0. The summed E-state index contributed by atoms with van der Waals surface area (Å²) in [7, 11) is 1.61. The van der Waals surface area contributed by atoms with Gasteiger partial charge in [-0.2, -0.15) is 5.10 Å². The van der Waals surface area contributed by atoms with E-state index in [1.54, 1.807) is 31.6 Å². The minimum absolute atomic E-state index is 0.00461. The van der Waals surface area contributed by atoms with Crippen molar-refractivity contribution in [3.8, 4) is 17.2 Å². The Kier molecular flexibility index (Phi) is 4.39. The summed E-state index contributed by atoms with van der Waals surface area (Å²) in [5.41, 5.74) is 3.50. The number of methoxy groups -OCH3 is 1. The molecule has 3 aromatic rings. The molecule has 2 aromatic carbocycles. The highest BCUT2D eigenvalue weighted by Crippen LogP contribution is 2.48. The second-order valence-corrected chi connectivity index (χ2v) is 7.88. The van der Waals surface area contributed by atoms with Crippen molar-refractivity contribution in [2.24, 2.45) is 5.10 Å². The second kappa shape index (κ2) is 7.08. The van der Waals surface area contributed by atoms with Gasteiger partial charge in [0.05, 0.1) is 18.9 Å². The monoisotopic (exact) mass is 451 g/mol. The molecule has 5 rings (SSSR count). The van der Waals surface area contributed by atoms with Crippen molar-refractivity contribution in [1.82, 2.24) is 9.99 Å². The molecule has 2 aliphatic rings. The molecule has 0 saturated carbocycles. The number of aromatic nitrogens is 1. The molecule has 0 aliphatic carbocycles. The SMILES string of the molecule is COc1ccc(O)c(C2=NN3[C@@H](C2)c2cc(Br)ccc2O[C@H]3c2ccncc2)c1. The summed E-state index contributed by atoms with van der Waals surface area (Å²) in [6, 6.07) is 15.1. The molecule has 6 nitrogen and oxygen atoms in total. The number of rotatable bonds is 3. The summed E-state index contributed by atoms with van der Waals surface area (Å²) < 4.78 is 12.6. The van der Waals surface area contributed by atoms with E-state index in [0.717, 1.165) is 27.1 Å². The van der Waals surface area contributed by atoms with Gasteiger partial charge >= 0.3 is 0 Å². The Bertz CT molecular complexity index is 1100. The van der Waals surface area contributed by atoms with Gasteiger partial charge in [0.25, 0.3) is 0 Å². The molecular formula is C22H18BrN3O3. The van der Waals surface area contributed by atoms with E-state index in [9.17, 15) is 5.11 Å². The summed E-state index contributed by atoms with van der Waals surface area (Å²) >= 11 is 3.56. The number of phenols is 1. The maximum absolute atomic E-state index is 10.4. The molecule has 0 amide bonds. The third-order valence-corrected chi connectivity index (χ3v) is 5.75. The number of phenolic OH excluding ortho intramolecular Hbond substituents is 1. The van der Waals surface area contributed by atoms with Crippen LogP contribution in [-0.4, -0.2) is 27.9 Å². The van der Waals surface area contributed by atoms with Crippen LogP contribution in [0.3, 0.4) is 0 Å². The van der Waals surface area contributed by atoms with Crippen molar-refractivity contribution >= 4 is 21.6 Å². The predicted octanol–water partition coefficient (Wildman–Crippen LogP) is 4.80. The van der Waals surface area contributed by atoms with Gasteiger partial charge in [0.2, 0.25) is 6.23 Å². The average Bonchev–Trinajstić information content (AvgIpc) is 3.20. The van der Waals surface area contributed by atoms with Crippen LogP contribution < -0.4 is 9.47 Å². The molecule has 146 valence electrons. The lowest BCUT2D eigenvalue weighted by atomic mass is 9.95. The Balaban J connectivity index is 1.62. The molecule has 2 atom stereocenters. The van der Waals surface area contributed by atoms with Gasteiger partial charge in [0.15, 0.2) is 0 Å². The lowest BCUT2D eigenvalue weighted by molar-refractivity contribution is -0.0191. The largest absolute Gasteiger partial charge is 0.507 e. The van der Waals surface area contributed by atoms with Crippen molar-refractivity contribution in [3.05, 3.63) is 82.1 Å². The number of aromatic hydroxyl groups is 1. The van der Waals surface area contributed by atoms with E-state index in [4.69, 9.17) is 14.6 Å². The average molecular weight is 452 g/mol. The fraction of sp³-hybridized carbons (Fsp3) is 0.182. The first kappa shape index (κ1) is 18.0. The van der Waals surface area contributed by atoms with Crippen LogP contribution in [0.15, 0.2) is 70.5 Å². The summed E-state index contributed by atoms with van der Waals surface area (Å²) in [5.74, 6) is 1.69. The van der Waals surface area contributed by atoms with Gasteiger partial charge in [-0.05, 0) is 48.5 Å². The van der Waals surface area contributed by atoms with Crippen LogP contribution in [0.4, 0.5) is 0 Å². The van der Waals surface area contributed by atoms with Gasteiger partial charge in [-0.3, -0.25) is 4.98 Å². The zero-order valence-electron chi connectivity index (χ0n) is 15.6. The lowest BCUT2D eigenvalue weighted by Gasteiger charge is -2.38. The first-order valence-corrected chi connectivity index (χ1v) is 10.0. The molecule has 0 saturated heterocycles. The molecular weight excluding hydrogens is 434 g/mol. The molecule has 0 bridgehead atoms. The van der Waals surface area contributed by atoms with Crippen molar-refractivity contribution in [3.63, 3.8) is 0 Å². The van der Waals surface area contributed by atoms with Crippen LogP contribution in [0.5, 0.6) is 17.2 Å². The number of hydrogen-bond donors (Lipinski definition) is 1. The molecule has 7 heteroatoms. The topological polar surface area (TPSA) is 67.2 Å². The zero-order valence-corrected chi connectivity index (χ0v) is 17.2. The molecule has 29 heavy (non-hydrogen) atoms. The highest BCUT2D eigenvalue weighted by Gasteiger charge is 2.41. The van der Waals surface area contributed by atoms with Gasteiger partial charge in [-0.25, -0.2) is 5.01 Å². The molecule has 0 fully saturated rings. The number of halogens is 1. The first-order chi connectivity index (χ1) is 14.1. The van der Waals surface area contributed by atoms with Gasteiger partial charge in [-0.1, -0.05) is 15.9 Å². The smallest absolute Gasteiger partial charge is 0.213 e. The van der Waals surface area contributed by atoms with Crippen molar-refractivity contribution in [1.29, 1.82) is 0 Å². The highest BCUT2D eigenvalue weighted by atomic mass is 79.9. The number of benzene rings is 2. The normalized spacial score (nSPS) is 19.8. The van der Waals surface area contributed by atoms with Gasteiger partial charge in [-0.15, -0.1) is 0 Å². The van der Waals surface area contributed by atoms with Crippen LogP contribution in [0.2, 0.25) is 0 Å². The Morgan fingerprint density at radius 2 is 1.97 bits per heavy atom. The lowest BCUT2D eigenvalue weighted by Crippen LogP contribution is -2.33. The minimum Gasteiger partial charge on any atom is -0.507 e. The first-order valence-electron chi connectivity index (χ1n) is 9.23. The van der Waals surface area contributed by atoms with Crippen LogP contribution >= 0.6 is 15.9 Å². The highest BCUT2D eigenvalue weighted by molar-refractivity contribution is 9.10. The third kappa shape index (κ3) is 3.11. The minimum atomic E-state index is -0.373. The van der Waals surface area contributed by atoms with E-state index in [1.807, 2.05) is 35.3 Å². The van der Waals surface area contributed by atoms with E-state index < -0.39 is 0 Å². The maximum Gasteiger partial charge on any atom is 0.213 e. The van der Waals surface area contributed by atoms with Crippen molar-refractivity contribution < 1.29 is 14.6 Å². The Hall–Kier alpha value is -3.06. The van der Waals surface area contributed by atoms with Crippen LogP contribution in [0, 0.1) is 0 Å². The molecule has 3 heterocycles. The Morgan fingerprint density at radius 3 is 2.76 bits per heavy atom. The predicted molar refractivity (Wildman–Crippen MR) is 112 cm³/mol. The maximum atomic E-state index is 10.4. The number of nitrogens with zero attached hydrogens (tertiary/aromatic N) is 3. The fourth-order valence-corrected chi connectivity index (χ4v) is 4.22. The van der Waals surface area contributed by atoms with E-state index in [2.05, 4.69) is 27.0 Å². The van der Waals surface area contributed by atoms with E-state index in [-0.39, 0.29) is 18.0 Å². The van der Waals surface area contributed by atoms with Crippen LogP contribution in [0.25, 0.3) is 0 Å². The van der Waals surface area contributed by atoms with E-state index in [1.165, 1.54) is 0 Å². The zero-order chi connectivity index (χ0) is 20.0. The number of ether oxygens (including phenoxy) is 2. The van der Waals surface area contributed by atoms with Gasteiger partial charge < -0.3 is 14.6 Å². The van der Waals surface area contributed by atoms with E-state index >= 15 is 0 Å².